The van der Waals surface area contributed by atoms with E-state index < -0.39 is 32.7 Å². The first-order valence-electron chi connectivity index (χ1n) is 5.42. The molecular weight excluding hydrogens is 297 g/mol. The van der Waals surface area contributed by atoms with E-state index in [9.17, 15) is 17.6 Å². The number of nitrogens with one attached hydrogen (secondary N) is 1. The summed E-state index contributed by atoms with van der Waals surface area (Å²) >= 11 is 5.70. The van der Waals surface area contributed by atoms with Gasteiger partial charge in [-0.1, -0.05) is 11.6 Å². The molecular formula is C11H13ClFNO4S. The summed E-state index contributed by atoms with van der Waals surface area (Å²) in [5.74, 6) is -1.47. The van der Waals surface area contributed by atoms with Crippen molar-refractivity contribution in [2.45, 2.75) is 24.8 Å². The zero-order valence-electron chi connectivity index (χ0n) is 10.3. The Hall–Kier alpha value is -1.18. The minimum atomic E-state index is -4.10. The highest BCUT2D eigenvalue weighted by Gasteiger charge is 2.25. The van der Waals surface area contributed by atoms with E-state index in [1.165, 1.54) is 6.92 Å². The number of esters is 1. The highest BCUT2D eigenvalue weighted by Crippen LogP contribution is 2.22. The fourth-order valence-electron chi connectivity index (χ4n) is 1.29. The van der Waals surface area contributed by atoms with Crippen LogP contribution in [0.3, 0.4) is 0 Å². The molecule has 0 aliphatic carbocycles. The van der Waals surface area contributed by atoms with Gasteiger partial charge in [-0.15, -0.1) is 0 Å². The molecule has 0 bridgehead atoms. The van der Waals surface area contributed by atoms with E-state index in [4.69, 9.17) is 11.6 Å². The summed E-state index contributed by atoms with van der Waals surface area (Å²) in [6, 6.07) is 1.85. The van der Waals surface area contributed by atoms with Crippen LogP contribution in [0.5, 0.6) is 0 Å². The van der Waals surface area contributed by atoms with Gasteiger partial charge in [0.25, 0.3) is 0 Å². The normalized spacial score (nSPS) is 13.1. The molecule has 0 aliphatic heterocycles. The maximum Gasteiger partial charge on any atom is 0.323 e. The van der Waals surface area contributed by atoms with E-state index in [-0.39, 0.29) is 11.6 Å². The molecule has 0 saturated heterocycles. The lowest BCUT2D eigenvalue weighted by Crippen LogP contribution is -2.39. The topological polar surface area (TPSA) is 72.5 Å². The number of carbonyl (C=O) groups excluding carboxylic acids is 1. The number of rotatable bonds is 5. The van der Waals surface area contributed by atoms with Crippen molar-refractivity contribution in [1.82, 2.24) is 4.72 Å². The molecule has 1 aromatic rings. The van der Waals surface area contributed by atoms with Crippen LogP contribution in [0.4, 0.5) is 4.39 Å². The predicted octanol–water partition coefficient (Wildman–Crippen LogP) is 1.71. The van der Waals surface area contributed by atoms with Crippen LogP contribution in [0.2, 0.25) is 5.02 Å². The molecule has 1 unspecified atom stereocenters. The van der Waals surface area contributed by atoms with Crippen molar-refractivity contribution in [2.24, 2.45) is 0 Å². The first-order valence-corrected chi connectivity index (χ1v) is 7.28. The maximum atomic E-state index is 13.1. The van der Waals surface area contributed by atoms with Gasteiger partial charge in [0.1, 0.15) is 16.8 Å². The third-order valence-corrected chi connectivity index (χ3v) is 4.18. The van der Waals surface area contributed by atoms with Crippen LogP contribution in [0.1, 0.15) is 13.8 Å². The Morgan fingerprint density at radius 2 is 2.16 bits per heavy atom. The van der Waals surface area contributed by atoms with Crippen LogP contribution >= 0.6 is 11.6 Å². The van der Waals surface area contributed by atoms with Crippen molar-refractivity contribution in [3.8, 4) is 0 Å². The highest BCUT2D eigenvalue weighted by molar-refractivity contribution is 7.89. The van der Waals surface area contributed by atoms with Crippen LogP contribution in [-0.2, 0) is 19.6 Å². The van der Waals surface area contributed by atoms with E-state index in [1.54, 1.807) is 6.92 Å². The first-order chi connectivity index (χ1) is 8.77. The number of sulfonamides is 1. The lowest BCUT2D eigenvalue weighted by atomic mass is 10.3. The minimum absolute atomic E-state index is 0.131. The Labute approximate surface area is 115 Å². The van der Waals surface area contributed by atoms with Gasteiger partial charge in [-0.2, -0.15) is 4.72 Å². The Morgan fingerprint density at radius 3 is 2.74 bits per heavy atom. The Morgan fingerprint density at radius 1 is 1.53 bits per heavy atom. The molecule has 0 saturated carbocycles. The number of halogens is 2. The van der Waals surface area contributed by atoms with Crippen molar-refractivity contribution < 1.29 is 22.3 Å². The molecule has 1 aromatic carbocycles. The Balaban J connectivity index is 2.99. The van der Waals surface area contributed by atoms with E-state index in [0.717, 1.165) is 18.2 Å². The van der Waals surface area contributed by atoms with Gasteiger partial charge in [-0.3, -0.25) is 4.79 Å². The fourth-order valence-corrected chi connectivity index (χ4v) is 3.00. The van der Waals surface area contributed by atoms with Gasteiger partial charge in [0, 0.05) is 0 Å². The Bertz CT molecular complexity index is 576. The van der Waals surface area contributed by atoms with E-state index in [1.807, 2.05) is 0 Å². The first kappa shape index (κ1) is 15.9. The zero-order valence-corrected chi connectivity index (χ0v) is 11.9. The summed E-state index contributed by atoms with van der Waals surface area (Å²) in [7, 11) is -4.10. The molecule has 106 valence electrons. The van der Waals surface area contributed by atoms with Crippen LogP contribution in [-0.4, -0.2) is 27.0 Å². The predicted molar refractivity (Wildman–Crippen MR) is 67.8 cm³/mol. The number of hydrogen-bond donors (Lipinski definition) is 1. The monoisotopic (exact) mass is 309 g/mol. The summed E-state index contributed by atoms with van der Waals surface area (Å²) < 4.78 is 43.7. The third kappa shape index (κ3) is 4.15. The molecule has 0 amide bonds. The molecule has 0 fully saturated rings. The average Bonchev–Trinajstić information content (AvgIpc) is 2.31. The van der Waals surface area contributed by atoms with Crippen molar-refractivity contribution >= 4 is 27.6 Å². The standard InChI is InChI=1S/C11H13ClFNO4S/c1-3-18-11(15)7(2)14-19(16,17)10-6-8(13)4-5-9(10)12/h4-7,14H,3H2,1-2H3. The van der Waals surface area contributed by atoms with Gasteiger partial charge >= 0.3 is 5.97 Å². The molecule has 1 rings (SSSR count). The third-order valence-electron chi connectivity index (χ3n) is 2.15. The highest BCUT2D eigenvalue weighted by atomic mass is 35.5. The SMILES string of the molecule is CCOC(=O)C(C)NS(=O)(=O)c1cc(F)ccc1Cl. The summed E-state index contributed by atoms with van der Waals surface area (Å²) in [6.45, 7) is 3.05. The van der Waals surface area contributed by atoms with Gasteiger partial charge in [0.05, 0.1) is 11.6 Å². The van der Waals surface area contributed by atoms with Gasteiger partial charge in [-0.25, -0.2) is 12.8 Å². The summed E-state index contributed by atoms with van der Waals surface area (Å²) in [5.41, 5.74) is 0. The number of benzene rings is 1. The summed E-state index contributed by atoms with van der Waals surface area (Å²) in [6.07, 6.45) is 0. The van der Waals surface area contributed by atoms with Crippen molar-refractivity contribution in [3.05, 3.63) is 29.0 Å². The molecule has 0 radical (unpaired) electrons. The van der Waals surface area contributed by atoms with Crippen LogP contribution in [0, 0.1) is 5.82 Å². The fraction of sp³-hybridized carbons (Fsp3) is 0.364. The zero-order chi connectivity index (χ0) is 14.6. The van der Waals surface area contributed by atoms with Gasteiger partial charge in [0.2, 0.25) is 10.0 Å². The number of hydrogen-bond acceptors (Lipinski definition) is 4. The molecule has 0 aromatic heterocycles. The molecule has 19 heavy (non-hydrogen) atoms. The molecule has 1 atom stereocenters. The quantitative estimate of drug-likeness (QED) is 0.840. The lowest BCUT2D eigenvalue weighted by molar-refractivity contribution is -0.144. The van der Waals surface area contributed by atoms with E-state index in [2.05, 4.69) is 9.46 Å². The maximum absolute atomic E-state index is 13.1. The second kappa shape index (κ2) is 6.31. The van der Waals surface area contributed by atoms with Crippen LogP contribution in [0.25, 0.3) is 0 Å². The molecule has 8 heteroatoms. The number of carbonyl (C=O) groups is 1. The lowest BCUT2D eigenvalue weighted by Gasteiger charge is -2.13. The molecule has 1 N–H and O–H groups in total. The van der Waals surface area contributed by atoms with Crippen molar-refractivity contribution in [1.29, 1.82) is 0 Å². The van der Waals surface area contributed by atoms with Gasteiger partial charge in [-0.05, 0) is 32.0 Å². The van der Waals surface area contributed by atoms with Crippen LogP contribution < -0.4 is 4.72 Å². The molecule has 0 heterocycles. The van der Waals surface area contributed by atoms with Gasteiger partial charge < -0.3 is 4.74 Å². The second-order valence-corrected chi connectivity index (χ2v) is 5.76. The van der Waals surface area contributed by atoms with E-state index >= 15 is 0 Å². The molecule has 5 nitrogen and oxygen atoms in total. The van der Waals surface area contributed by atoms with E-state index in [0.29, 0.717) is 0 Å². The number of ether oxygens (including phenoxy) is 1. The largest absolute Gasteiger partial charge is 0.465 e. The van der Waals surface area contributed by atoms with Crippen LogP contribution in [0.15, 0.2) is 23.1 Å². The average molecular weight is 310 g/mol. The van der Waals surface area contributed by atoms with Gasteiger partial charge in [0.15, 0.2) is 0 Å². The van der Waals surface area contributed by atoms with Crippen molar-refractivity contribution in [3.63, 3.8) is 0 Å². The minimum Gasteiger partial charge on any atom is -0.465 e. The van der Waals surface area contributed by atoms with Crippen molar-refractivity contribution in [2.75, 3.05) is 6.61 Å². The second-order valence-electron chi connectivity index (χ2n) is 3.67. The Kier molecular flexibility index (Phi) is 5.28. The smallest absolute Gasteiger partial charge is 0.323 e. The molecule has 0 spiro atoms. The summed E-state index contributed by atoms with van der Waals surface area (Å²) in [5, 5.41) is -0.134. The molecule has 0 aliphatic rings. The summed E-state index contributed by atoms with van der Waals surface area (Å²) in [4.78, 5) is 10.9.